The zero-order valence-corrected chi connectivity index (χ0v) is 14.3. The third-order valence-corrected chi connectivity index (χ3v) is 4.34. The highest BCUT2D eigenvalue weighted by Crippen LogP contribution is 2.29. The van der Waals surface area contributed by atoms with Crippen molar-refractivity contribution in [3.63, 3.8) is 0 Å². The van der Waals surface area contributed by atoms with Crippen molar-refractivity contribution < 1.29 is 4.74 Å². The molecule has 0 atom stereocenters. The van der Waals surface area contributed by atoms with E-state index in [1.54, 1.807) is 0 Å². The zero-order chi connectivity index (χ0) is 16.3. The Bertz CT molecular complexity index is 608. The smallest absolute Gasteiger partial charge is 0.119 e. The molecule has 0 aliphatic heterocycles. The number of ether oxygens (including phenoxy) is 1. The van der Waals surface area contributed by atoms with Crippen LogP contribution in [0.15, 0.2) is 36.4 Å². The van der Waals surface area contributed by atoms with Gasteiger partial charge in [-0.15, -0.1) is 0 Å². The minimum Gasteiger partial charge on any atom is -0.494 e. The van der Waals surface area contributed by atoms with Crippen LogP contribution in [0, 0.1) is 35.5 Å². The Balaban J connectivity index is 1.78. The topological polar surface area (TPSA) is 9.23 Å². The van der Waals surface area contributed by atoms with Gasteiger partial charge in [0, 0.05) is 11.5 Å². The van der Waals surface area contributed by atoms with Gasteiger partial charge in [0.1, 0.15) is 5.75 Å². The highest BCUT2D eigenvalue weighted by Gasteiger charge is 2.17. The van der Waals surface area contributed by atoms with E-state index in [0.29, 0.717) is 12.5 Å². The molecule has 1 heteroatoms. The summed E-state index contributed by atoms with van der Waals surface area (Å²) in [6.45, 7) is 4.96. The van der Waals surface area contributed by atoms with Gasteiger partial charge < -0.3 is 4.74 Å². The van der Waals surface area contributed by atoms with E-state index in [9.17, 15) is 0 Å². The van der Waals surface area contributed by atoms with E-state index in [2.05, 4.69) is 30.6 Å². The monoisotopic (exact) mass is 306 g/mol. The minimum absolute atomic E-state index is 0.585. The third kappa shape index (κ3) is 6.25. The average Bonchev–Trinajstić information content (AvgIpc) is 2.60. The van der Waals surface area contributed by atoms with Crippen LogP contribution >= 0.6 is 0 Å². The second kappa shape index (κ2) is 9.81. The van der Waals surface area contributed by atoms with E-state index in [0.717, 1.165) is 17.2 Å². The molecular weight excluding hydrogens is 280 g/mol. The summed E-state index contributed by atoms with van der Waals surface area (Å²) in [5.41, 5.74) is 0.990. The zero-order valence-electron chi connectivity index (χ0n) is 14.3. The van der Waals surface area contributed by atoms with E-state index < -0.39 is 0 Å². The Morgan fingerprint density at radius 2 is 1.70 bits per heavy atom. The number of rotatable bonds is 3. The fraction of sp³-hybridized carbons (Fsp3) is 0.455. The Kier molecular flexibility index (Phi) is 7.35. The minimum atomic E-state index is 0.585. The van der Waals surface area contributed by atoms with Crippen LogP contribution in [-0.2, 0) is 0 Å². The first-order valence-electron chi connectivity index (χ1n) is 8.72. The van der Waals surface area contributed by atoms with Gasteiger partial charge in [-0.3, -0.25) is 0 Å². The summed E-state index contributed by atoms with van der Waals surface area (Å²) in [4.78, 5) is 0. The first-order valence-corrected chi connectivity index (χ1v) is 8.72. The Morgan fingerprint density at radius 3 is 2.35 bits per heavy atom. The van der Waals surface area contributed by atoms with E-state index >= 15 is 0 Å². The van der Waals surface area contributed by atoms with Crippen LogP contribution in [0.3, 0.4) is 0 Å². The van der Waals surface area contributed by atoms with Gasteiger partial charge in [0.05, 0.1) is 6.61 Å². The molecule has 0 bridgehead atoms. The van der Waals surface area contributed by atoms with Crippen molar-refractivity contribution >= 4 is 0 Å². The molecule has 0 N–H and O–H groups in total. The van der Waals surface area contributed by atoms with E-state index in [1.165, 1.54) is 32.1 Å². The Labute approximate surface area is 141 Å². The maximum absolute atomic E-state index is 5.41. The quantitative estimate of drug-likeness (QED) is 0.696. The average molecular weight is 306 g/mol. The summed E-state index contributed by atoms with van der Waals surface area (Å²) in [7, 11) is 0. The van der Waals surface area contributed by atoms with E-state index in [4.69, 9.17) is 4.74 Å². The normalized spacial score (nSPS) is 20.3. The molecule has 0 unspecified atom stereocenters. The molecule has 23 heavy (non-hydrogen) atoms. The fourth-order valence-electron chi connectivity index (χ4n) is 2.89. The number of hydrogen-bond acceptors (Lipinski definition) is 1. The molecular formula is C22H26O. The lowest BCUT2D eigenvalue weighted by molar-refractivity contribution is 0.309. The van der Waals surface area contributed by atoms with Crippen molar-refractivity contribution in [3.05, 3.63) is 42.0 Å². The van der Waals surface area contributed by atoms with Gasteiger partial charge in [-0.2, -0.15) is 0 Å². The van der Waals surface area contributed by atoms with Crippen LogP contribution in [0.2, 0.25) is 0 Å². The summed E-state index contributed by atoms with van der Waals surface area (Å²) in [5.74, 6) is 15.1. The molecule has 0 heterocycles. The van der Waals surface area contributed by atoms with E-state index in [1.807, 2.05) is 43.3 Å². The molecule has 1 saturated carbocycles. The van der Waals surface area contributed by atoms with Crippen LogP contribution in [0.25, 0.3) is 0 Å². The molecule has 0 amide bonds. The predicted molar refractivity (Wildman–Crippen MR) is 97.1 cm³/mol. The third-order valence-electron chi connectivity index (χ3n) is 4.34. The second-order valence-corrected chi connectivity index (χ2v) is 5.97. The van der Waals surface area contributed by atoms with Crippen LogP contribution in [-0.4, -0.2) is 6.61 Å². The van der Waals surface area contributed by atoms with Crippen molar-refractivity contribution in [2.24, 2.45) is 11.8 Å². The molecule has 1 aromatic rings. The van der Waals surface area contributed by atoms with Crippen molar-refractivity contribution in [1.82, 2.24) is 0 Å². The number of benzene rings is 1. The SMILES string of the molecule is CCOc1ccc(C#C/C=C/C#CC2CCC(CC)CC2)cc1. The van der Waals surface area contributed by atoms with Gasteiger partial charge in [-0.25, -0.2) is 0 Å². The van der Waals surface area contributed by atoms with Crippen LogP contribution in [0.5, 0.6) is 5.75 Å². The lowest BCUT2D eigenvalue weighted by atomic mass is 9.81. The summed E-state index contributed by atoms with van der Waals surface area (Å²) >= 11 is 0. The van der Waals surface area contributed by atoms with Gasteiger partial charge in [-0.1, -0.05) is 37.0 Å². The molecule has 1 nitrogen and oxygen atoms in total. The lowest BCUT2D eigenvalue weighted by Crippen LogP contribution is -2.12. The highest BCUT2D eigenvalue weighted by molar-refractivity contribution is 5.40. The standard InChI is InChI=1S/C22H26O/c1-3-19-11-13-20(14-12-19)9-7-5-6-8-10-21-15-17-22(18-16-21)23-4-2/h5-6,15-20H,3-4,11-14H2,1-2H3/b6-5+. The van der Waals surface area contributed by atoms with Gasteiger partial charge in [0.15, 0.2) is 0 Å². The molecule has 1 aliphatic rings. The summed E-state index contributed by atoms with van der Waals surface area (Å²) < 4.78 is 5.41. The predicted octanol–water partition coefficient (Wildman–Crippen LogP) is 5.21. The summed E-state index contributed by atoms with van der Waals surface area (Å²) in [6.07, 6.45) is 10.2. The fourth-order valence-corrected chi connectivity index (χ4v) is 2.89. The first-order chi connectivity index (χ1) is 11.3. The molecule has 0 saturated heterocycles. The molecule has 0 spiro atoms. The van der Waals surface area contributed by atoms with Crippen molar-refractivity contribution in [3.8, 4) is 29.4 Å². The van der Waals surface area contributed by atoms with Crippen LogP contribution in [0.1, 0.15) is 51.5 Å². The van der Waals surface area contributed by atoms with E-state index in [-0.39, 0.29) is 0 Å². The summed E-state index contributed by atoms with van der Waals surface area (Å²) in [5, 5.41) is 0. The highest BCUT2D eigenvalue weighted by atomic mass is 16.5. The number of allylic oxidation sites excluding steroid dienone is 2. The van der Waals surface area contributed by atoms with Crippen LogP contribution < -0.4 is 4.74 Å². The largest absolute Gasteiger partial charge is 0.494 e. The Morgan fingerprint density at radius 1 is 1.00 bits per heavy atom. The molecule has 0 aromatic heterocycles. The van der Waals surface area contributed by atoms with Crippen molar-refractivity contribution in [2.75, 3.05) is 6.61 Å². The number of hydrogen-bond donors (Lipinski definition) is 0. The van der Waals surface area contributed by atoms with Crippen molar-refractivity contribution in [2.45, 2.75) is 46.0 Å². The van der Waals surface area contributed by atoms with Crippen LogP contribution in [0.4, 0.5) is 0 Å². The molecule has 120 valence electrons. The Hall–Kier alpha value is -2.12. The molecule has 0 radical (unpaired) electrons. The second-order valence-electron chi connectivity index (χ2n) is 5.97. The van der Waals surface area contributed by atoms with Gasteiger partial charge in [0.25, 0.3) is 0 Å². The molecule has 1 aromatic carbocycles. The summed E-state index contributed by atoms with van der Waals surface area (Å²) in [6, 6.07) is 7.85. The van der Waals surface area contributed by atoms with Gasteiger partial charge in [0.2, 0.25) is 0 Å². The van der Waals surface area contributed by atoms with Gasteiger partial charge in [-0.05, 0) is 74.9 Å². The molecule has 1 fully saturated rings. The van der Waals surface area contributed by atoms with Gasteiger partial charge >= 0.3 is 0 Å². The molecule has 1 aliphatic carbocycles. The lowest BCUT2D eigenvalue weighted by Gasteiger charge is -2.24. The maximum atomic E-state index is 5.41. The maximum Gasteiger partial charge on any atom is 0.119 e. The van der Waals surface area contributed by atoms with Crippen molar-refractivity contribution in [1.29, 1.82) is 0 Å². The first kappa shape index (κ1) is 17.2. The molecule has 2 rings (SSSR count).